The zero-order valence-corrected chi connectivity index (χ0v) is 28.5. The van der Waals surface area contributed by atoms with Gasteiger partial charge in [0, 0.05) is 24.1 Å². The Morgan fingerprint density at radius 3 is 2.37 bits per heavy atom. The number of anilines is 1. The van der Waals surface area contributed by atoms with E-state index in [1.807, 2.05) is 33.8 Å². The third kappa shape index (κ3) is 7.08. The first-order chi connectivity index (χ1) is 23.7. The molecule has 1 N–H and O–H groups in total. The topological polar surface area (TPSA) is 165 Å². The summed E-state index contributed by atoms with van der Waals surface area (Å²) < 4.78 is 23.4. The molecule has 3 amide bonds. The number of rotatable bonds is 13. The van der Waals surface area contributed by atoms with E-state index >= 15 is 0 Å². The van der Waals surface area contributed by atoms with E-state index in [0.29, 0.717) is 34.3 Å². The number of nitriles is 1. The fraction of sp³-hybridized carbons (Fsp3) is 0.382. The Balaban J connectivity index is 1.30. The van der Waals surface area contributed by atoms with Gasteiger partial charge in [-0.25, -0.2) is 19.6 Å². The molecule has 14 nitrogen and oxygen atoms in total. The number of amides is 3. The van der Waals surface area contributed by atoms with Gasteiger partial charge in [-0.3, -0.25) is 23.9 Å². The molecule has 0 spiro atoms. The van der Waals surface area contributed by atoms with E-state index in [1.165, 1.54) is 11.2 Å². The Kier molecular flexibility index (Phi) is 10.4. The van der Waals surface area contributed by atoms with Gasteiger partial charge in [0.1, 0.15) is 18.7 Å². The van der Waals surface area contributed by atoms with E-state index in [1.54, 1.807) is 59.4 Å². The molecular weight excluding hydrogens is 647 g/mol. The van der Waals surface area contributed by atoms with E-state index in [-0.39, 0.29) is 43.4 Å². The smallest absolute Gasteiger partial charge is 0.261 e. The predicted octanol–water partition coefficient (Wildman–Crippen LogP) is 5.32. The molecule has 6 rings (SSSR count). The molecule has 2 aliphatic rings. The lowest BCUT2D eigenvalue weighted by atomic mass is 10.1. The van der Waals surface area contributed by atoms with Crippen molar-refractivity contribution >= 4 is 43.2 Å². The number of ether oxygens (including phenoxy) is 1. The highest BCUT2D eigenvalue weighted by atomic mass is 31.2. The minimum atomic E-state index is -1.67. The summed E-state index contributed by atoms with van der Waals surface area (Å²) in [5, 5.41) is 12.0. The Labute approximate surface area is 285 Å². The zero-order valence-electron chi connectivity index (χ0n) is 27.6. The molecule has 254 valence electrons. The SMILES string of the molecule is CC(C)N(C(C)C)P(OCCC#N)O[C@H]1C[C@H](n2cnc3c(NC(=O)c4ccccc4)ncnc32)O[C@@H]1CN1C(=O)c2ccccc2C1=O. The van der Waals surface area contributed by atoms with Gasteiger partial charge in [-0.05, 0) is 52.0 Å². The highest BCUT2D eigenvalue weighted by Gasteiger charge is 2.45. The van der Waals surface area contributed by atoms with Crippen LogP contribution < -0.4 is 5.32 Å². The van der Waals surface area contributed by atoms with Gasteiger partial charge in [-0.1, -0.05) is 30.3 Å². The summed E-state index contributed by atoms with van der Waals surface area (Å²) in [6.07, 6.45) is 1.37. The Morgan fingerprint density at radius 1 is 1.04 bits per heavy atom. The van der Waals surface area contributed by atoms with Crippen LogP contribution in [-0.2, 0) is 13.8 Å². The number of fused-ring (bicyclic) bond motifs is 2. The summed E-state index contributed by atoms with van der Waals surface area (Å²) >= 11 is 0. The van der Waals surface area contributed by atoms with Gasteiger partial charge in [0.05, 0.1) is 49.2 Å². The molecule has 4 heterocycles. The second kappa shape index (κ2) is 14.9. The number of imide groups is 1. The zero-order chi connectivity index (χ0) is 34.7. The molecule has 4 atom stereocenters. The van der Waals surface area contributed by atoms with Crippen LogP contribution in [0, 0.1) is 11.3 Å². The minimum Gasteiger partial charge on any atom is -0.350 e. The van der Waals surface area contributed by atoms with Crippen molar-refractivity contribution in [2.24, 2.45) is 0 Å². The molecule has 2 aromatic carbocycles. The maximum Gasteiger partial charge on any atom is 0.261 e. The molecule has 15 heteroatoms. The van der Waals surface area contributed by atoms with Gasteiger partial charge in [0.2, 0.25) is 0 Å². The number of nitrogens with zero attached hydrogens (tertiary/aromatic N) is 7. The molecule has 2 aromatic heterocycles. The van der Waals surface area contributed by atoms with Crippen LogP contribution in [0.2, 0.25) is 0 Å². The largest absolute Gasteiger partial charge is 0.350 e. The average Bonchev–Trinajstić information content (AvgIpc) is 3.77. The number of nitrogens with one attached hydrogen (secondary N) is 1. The number of benzene rings is 2. The Bertz CT molecular complexity index is 1840. The molecule has 2 aliphatic heterocycles. The highest BCUT2D eigenvalue weighted by molar-refractivity contribution is 7.44. The standard InChI is InChI=1S/C34H37N8O6P/c1-21(2)42(22(3)4)49(46-16-10-15-35)48-26-17-28(47-27(26)18-40-33(44)24-13-8-9-14-25(24)34(40)45)41-20-38-29-30(36-19-37-31(29)41)39-32(43)23-11-6-5-7-12-23/h5-9,11-14,19-22,26-28H,10,16-18H2,1-4H3,(H,36,37,39,43)/t26-,27+,28+,49?/m0/s1. The number of hydrogen-bond acceptors (Lipinski definition) is 11. The van der Waals surface area contributed by atoms with Crippen LogP contribution in [0.15, 0.2) is 67.3 Å². The summed E-state index contributed by atoms with van der Waals surface area (Å²) in [4.78, 5) is 54.1. The molecule has 1 saturated heterocycles. The Morgan fingerprint density at radius 2 is 1.71 bits per heavy atom. The van der Waals surface area contributed by atoms with Gasteiger partial charge in [0.15, 0.2) is 17.0 Å². The van der Waals surface area contributed by atoms with E-state index in [2.05, 4.69) is 31.0 Å². The molecular formula is C34H37N8O6P. The molecule has 4 aromatic rings. The van der Waals surface area contributed by atoms with Crippen LogP contribution in [-0.4, -0.2) is 84.3 Å². The summed E-state index contributed by atoms with van der Waals surface area (Å²) in [5.41, 5.74) is 1.94. The number of carbonyl (C=O) groups excluding carboxylic acids is 3. The average molecular weight is 685 g/mol. The first-order valence-corrected chi connectivity index (χ1v) is 17.2. The van der Waals surface area contributed by atoms with Crippen LogP contribution in [0.1, 0.15) is 77.8 Å². The molecule has 49 heavy (non-hydrogen) atoms. The van der Waals surface area contributed by atoms with Crippen molar-refractivity contribution in [1.29, 1.82) is 5.26 Å². The molecule has 1 fully saturated rings. The maximum atomic E-state index is 13.4. The van der Waals surface area contributed by atoms with Crippen LogP contribution in [0.5, 0.6) is 0 Å². The molecule has 0 radical (unpaired) electrons. The van der Waals surface area contributed by atoms with E-state index in [4.69, 9.17) is 13.8 Å². The highest BCUT2D eigenvalue weighted by Crippen LogP contribution is 2.50. The van der Waals surface area contributed by atoms with Crippen molar-refractivity contribution in [3.63, 3.8) is 0 Å². The fourth-order valence-corrected chi connectivity index (χ4v) is 7.82. The van der Waals surface area contributed by atoms with Gasteiger partial charge < -0.3 is 19.1 Å². The third-order valence-corrected chi connectivity index (χ3v) is 10.4. The quantitative estimate of drug-likeness (QED) is 0.110. The normalized spacial score (nSPS) is 19.6. The summed E-state index contributed by atoms with van der Waals surface area (Å²) in [5.74, 6) is -0.898. The summed E-state index contributed by atoms with van der Waals surface area (Å²) in [7, 11) is -1.67. The van der Waals surface area contributed by atoms with Crippen molar-refractivity contribution in [2.75, 3.05) is 18.5 Å². The van der Waals surface area contributed by atoms with Gasteiger partial charge in [0.25, 0.3) is 26.2 Å². The molecule has 1 unspecified atom stereocenters. The predicted molar refractivity (Wildman–Crippen MR) is 180 cm³/mol. The lowest BCUT2D eigenvalue weighted by Gasteiger charge is -2.37. The molecule has 0 bridgehead atoms. The van der Waals surface area contributed by atoms with Crippen molar-refractivity contribution < 1.29 is 28.2 Å². The number of imidazole rings is 1. The van der Waals surface area contributed by atoms with Crippen molar-refractivity contribution in [2.45, 2.75) is 71.1 Å². The fourth-order valence-electron chi connectivity index (χ4n) is 6.06. The van der Waals surface area contributed by atoms with Gasteiger partial charge in [-0.2, -0.15) is 5.26 Å². The Hall–Kier alpha value is -4.64. The number of hydrogen-bond donors (Lipinski definition) is 1. The van der Waals surface area contributed by atoms with E-state index in [0.717, 1.165) is 0 Å². The first-order valence-electron chi connectivity index (χ1n) is 16.1. The number of aromatic nitrogens is 4. The second-order valence-electron chi connectivity index (χ2n) is 12.2. The van der Waals surface area contributed by atoms with Crippen molar-refractivity contribution in [3.05, 3.63) is 83.9 Å². The van der Waals surface area contributed by atoms with Crippen LogP contribution in [0.4, 0.5) is 5.82 Å². The van der Waals surface area contributed by atoms with E-state index in [9.17, 15) is 19.6 Å². The second-order valence-corrected chi connectivity index (χ2v) is 13.6. The minimum absolute atomic E-state index is 0.0554. The summed E-state index contributed by atoms with van der Waals surface area (Å²) in [6, 6.07) is 17.7. The number of carbonyl (C=O) groups is 3. The summed E-state index contributed by atoms with van der Waals surface area (Å²) in [6.45, 7) is 8.30. The molecule has 0 saturated carbocycles. The van der Waals surface area contributed by atoms with Crippen molar-refractivity contribution in [1.82, 2.24) is 29.1 Å². The van der Waals surface area contributed by atoms with Crippen LogP contribution in [0.3, 0.4) is 0 Å². The van der Waals surface area contributed by atoms with Crippen molar-refractivity contribution in [3.8, 4) is 6.07 Å². The van der Waals surface area contributed by atoms with Gasteiger partial charge >= 0.3 is 0 Å². The third-order valence-electron chi connectivity index (χ3n) is 8.25. The monoisotopic (exact) mass is 684 g/mol. The van der Waals surface area contributed by atoms with Gasteiger partial charge in [-0.15, -0.1) is 0 Å². The van der Waals surface area contributed by atoms with Crippen LogP contribution in [0.25, 0.3) is 11.2 Å². The van der Waals surface area contributed by atoms with Crippen LogP contribution >= 0.6 is 8.53 Å². The van der Waals surface area contributed by atoms with E-state index < -0.39 is 38.8 Å². The molecule has 0 aliphatic carbocycles. The first kappa shape index (κ1) is 34.2. The lowest BCUT2D eigenvalue weighted by Crippen LogP contribution is -2.42. The maximum absolute atomic E-state index is 13.4. The lowest BCUT2D eigenvalue weighted by molar-refractivity contribution is -0.0257.